The molecule has 0 bridgehead atoms. The molecule has 4 heterocycles. The summed E-state index contributed by atoms with van der Waals surface area (Å²) in [6, 6.07) is 96.4. The molecule has 0 N–H and O–H groups in total. The van der Waals surface area contributed by atoms with Crippen LogP contribution in [0.3, 0.4) is 0 Å². The van der Waals surface area contributed by atoms with Gasteiger partial charge in [-0.25, -0.2) is 0 Å². The molecule has 1 unspecified atom stereocenters. The number of nitrogens with zero attached hydrogens (tertiary/aromatic N) is 4. The van der Waals surface area contributed by atoms with E-state index >= 15 is 0 Å². The van der Waals surface area contributed by atoms with Gasteiger partial charge in [0.25, 0.3) is 13.4 Å². The first kappa shape index (κ1) is 77.1. The van der Waals surface area contributed by atoms with Crippen LogP contribution in [0.1, 0.15) is 263 Å². The molecule has 119 heavy (non-hydrogen) atoms. The van der Waals surface area contributed by atoms with Crippen molar-refractivity contribution in [2.24, 2.45) is 0 Å². The Kier molecular flexibility index (Phi) is 16.7. The van der Waals surface area contributed by atoms with Crippen molar-refractivity contribution in [1.29, 1.82) is 0 Å². The van der Waals surface area contributed by atoms with Gasteiger partial charge in [-0.3, -0.25) is 0 Å². The molecule has 0 saturated heterocycles. The number of allylic oxidation sites excluding steroid dienone is 4. The number of rotatable bonds is 6. The van der Waals surface area contributed by atoms with Crippen LogP contribution < -0.4 is 52.4 Å². The average molecular weight is 1550 g/mol. The molecule has 0 saturated carbocycles. The van der Waals surface area contributed by atoms with E-state index in [4.69, 9.17) is 0 Å². The second-order valence-corrected chi connectivity index (χ2v) is 44.6. The molecular formula is C113H118B2N4. The van der Waals surface area contributed by atoms with E-state index in [1.54, 1.807) is 5.57 Å². The molecule has 4 atom stereocenters. The molecule has 0 amide bonds. The SMILES string of the molecule is CC(C)(C)c1ccc(N2c3ccc(C(C)(C)C)cc3B3c4cc(C(C)(C)C)ccc4N(c4ccc(C(C)(C)C)cc4)c4cc(-c5cccc6c5[C@@H]5C7=C(C=CC[C@@H]7c7cc8c9c(c7)N(c7ccc(C(C)(C)C)cc7)c7ccc(C(C)(C)C)cc7B9c7cc(C(C)(C)C)ccc7N8c7ccc(C(C)(C)C)cc7)[C@@]57c5ccccc5C67)cc2c43)cc1. The van der Waals surface area contributed by atoms with Gasteiger partial charge in [-0.2, -0.15) is 0 Å². The maximum atomic E-state index is 2.71. The molecule has 0 radical (unpaired) electrons. The maximum Gasteiger partial charge on any atom is 0.252 e. The van der Waals surface area contributed by atoms with Crippen LogP contribution >= 0.6 is 0 Å². The summed E-state index contributed by atoms with van der Waals surface area (Å²) in [6.45, 7) is 56.5. The standard InChI is InChI=1S/C113H118B2N4/c1-105(2,3)69-35-47-77(48-36-69)116-91-55-43-73(109(13,14)15)63-87(91)114-88-64-74(110(16,17)18)44-56-92(88)117(78-49-37-70(38-50-78)106(4,5)6)96-60-67(59-95(116)103(96)114)81-30-27-32-84-99(81)102-100-82(31-28-34-86(100)113(102)85-33-26-25-29-83(85)101(84)113)68-61-97-104-98(62-68)119(80-53-41-72(42-54-80)108(10,11)12)94-58-46-76(112(22,23)24)66-90(94)115(104)89-65-75(111(19,20)21)45-57-93(89)118(97)79-51-39-71(40-52-79)107(7,8)9/h25-30,32-66,82,101-102H,31H2,1-24H3/t82-,101?,102-,113-/m1/s1. The van der Waals surface area contributed by atoms with Crippen molar-refractivity contribution < 1.29 is 0 Å². The van der Waals surface area contributed by atoms with Gasteiger partial charge < -0.3 is 19.6 Å². The lowest BCUT2D eigenvalue weighted by Crippen LogP contribution is -2.61. The molecular weight excluding hydrogens is 1430 g/mol. The fraction of sp³-hybridized carbons (Fsp3) is 0.327. The fourth-order valence-electron chi connectivity index (χ4n) is 22.2. The van der Waals surface area contributed by atoms with Crippen LogP contribution in [0.4, 0.5) is 68.2 Å². The third-order valence-electron chi connectivity index (χ3n) is 28.8. The van der Waals surface area contributed by atoms with Gasteiger partial charge in [-0.15, -0.1) is 0 Å². The Labute approximate surface area is 711 Å². The molecule has 0 aromatic heterocycles. The van der Waals surface area contributed by atoms with Crippen molar-refractivity contribution in [2.45, 2.75) is 239 Å². The highest BCUT2D eigenvalue weighted by Crippen LogP contribution is 2.80. The molecule has 0 fully saturated rings. The normalized spacial score (nSPS) is 18.7. The highest BCUT2D eigenvalue weighted by molar-refractivity contribution is 7.01. The van der Waals surface area contributed by atoms with E-state index in [-0.39, 0.29) is 79.9 Å². The lowest BCUT2D eigenvalue weighted by atomic mass is 9.33. The predicted molar refractivity (Wildman–Crippen MR) is 512 cm³/mol. The maximum absolute atomic E-state index is 2.71. The summed E-state index contributed by atoms with van der Waals surface area (Å²) < 4.78 is 0. The van der Waals surface area contributed by atoms with Crippen LogP contribution in [0.2, 0.25) is 0 Å². The summed E-state index contributed by atoms with van der Waals surface area (Å²) in [5.41, 5.74) is 45.7. The quantitative estimate of drug-likeness (QED) is 0.154. The van der Waals surface area contributed by atoms with Gasteiger partial charge >= 0.3 is 0 Å². The molecule has 20 rings (SSSR count). The summed E-state index contributed by atoms with van der Waals surface area (Å²) in [6.07, 6.45) is 6.06. The van der Waals surface area contributed by atoms with E-state index < -0.39 is 0 Å². The van der Waals surface area contributed by atoms with E-state index in [0.717, 1.165) is 6.42 Å². The van der Waals surface area contributed by atoms with Crippen molar-refractivity contribution in [2.75, 3.05) is 19.6 Å². The molecule has 1 spiro atoms. The first-order valence-corrected chi connectivity index (χ1v) is 44.3. The highest BCUT2D eigenvalue weighted by atomic mass is 15.2. The van der Waals surface area contributed by atoms with Crippen molar-refractivity contribution in [3.05, 3.63) is 332 Å². The highest BCUT2D eigenvalue weighted by Gasteiger charge is 2.71. The van der Waals surface area contributed by atoms with Crippen LogP contribution in [-0.4, -0.2) is 13.4 Å². The Morgan fingerprint density at radius 3 is 0.941 bits per heavy atom. The van der Waals surface area contributed by atoms with E-state index in [2.05, 4.69) is 435 Å². The summed E-state index contributed by atoms with van der Waals surface area (Å²) in [7, 11) is 0. The van der Waals surface area contributed by atoms with Gasteiger partial charge in [0.15, 0.2) is 0 Å². The fourth-order valence-corrected chi connectivity index (χ4v) is 22.2. The van der Waals surface area contributed by atoms with Gasteiger partial charge in [0.2, 0.25) is 0 Å². The molecule has 12 aromatic rings. The van der Waals surface area contributed by atoms with E-state index in [1.807, 2.05) is 0 Å². The first-order valence-electron chi connectivity index (χ1n) is 44.3. The smallest absolute Gasteiger partial charge is 0.252 e. The van der Waals surface area contributed by atoms with E-state index in [1.165, 1.54) is 190 Å². The Bertz CT molecular complexity index is 6010. The average Bonchev–Trinajstić information content (AvgIpc) is 1.47. The van der Waals surface area contributed by atoms with Crippen molar-refractivity contribution in [3.63, 3.8) is 0 Å². The van der Waals surface area contributed by atoms with E-state index in [0.29, 0.717) is 0 Å². The number of hydrogen-bond acceptors (Lipinski definition) is 4. The van der Waals surface area contributed by atoms with Crippen LogP contribution in [0, 0.1) is 0 Å². The number of anilines is 12. The Morgan fingerprint density at radius 1 is 0.294 bits per heavy atom. The second kappa shape index (κ2) is 25.8. The van der Waals surface area contributed by atoms with Gasteiger partial charge in [0, 0.05) is 91.4 Å². The lowest BCUT2D eigenvalue weighted by molar-refractivity contribution is 0.310. The topological polar surface area (TPSA) is 13.0 Å². The lowest BCUT2D eigenvalue weighted by Gasteiger charge is -2.61. The summed E-state index contributed by atoms with van der Waals surface area (Å²) in [5.74, 6) is 0.330. The largest absolute Gasteiger partial charge is 0.311 e. The van der Waals surface area contributed by atoms with E-state index in [9.17, 15) is 0 Å². The van der Waals surface area contributed by atoms with Crippen LogP contribution in [-0.2, 0) is 48.7 Å². The summed E-state index contributed by atoms with van der Waals surface area (Å²) >= 11 is 0. The minimum atomic E-state index is -0.245. The van der Waals surface area contributed by atoms with Gasteiger partial charge in [-0.05, 0) is 274 Å². The third kappa shape index (κ3) is 11.6. The predicted octanol–water partition coefficient (Wildman–Crippen LogP) is 26.4. The van der Waals surface area contributed by atoms with Gasteiger partial charge in [-0.1, -0.05) is 318 Å². The number of benzene rings is 12. The first-order chi connectivity index (χ1) is 56.1. The number of fused-ring (bicyclic) bond motifs is 14. The van der Waals surface area contributed by atoms with Crippen LogP contribution in [0.15, 0.2) is 260 Å². The number of hydrogen-bond donors (Lipinski definition) is 0. The second-order valence-electron chi connectivity index (χ2n) is 44.6. The van der Waals surface area contributed by atoms with Crippen LogP contribution in [0.5, 0.6) is 0 Å². The molecule has 4 nitrogen and oxygen atoms in total. The zero-order valence-corrected chi connectivity index (χ0v) is 75.1. The third-order valence-corrected chi connectivity index (χ3v) is 28.8. The minimum Gasteiger partial charge on any atom is -0.311 e. The Hall–Kier alpha value is -10.6. The minimum absolute atomic E-state index is 0.0235. The summed E-state index contributed by atoms with van der Waals surface area (Å²) in [5, 5.41) is 0. The molecule has 6 heteroatoms. The Morgan fingerprint density at radius 2 is 0.605 bits per heavy atom. The zero-order chi connectivity index (χ0) is 83.6. The monoisotopic (exact) mass is 1550 g/mol. The summed E-state index contributed by atoms with van der Waals surface area (Å²) in [4.78, 5) is 10.7. The molecule has 8 aliphatic rings. The van der Waals surface area contributed by atoms with Crippen molar-refractivity contribution >= 4 is 114 Å². The zero-order valence-electron chi connectivity index (χ0n) is 75.1. The molecule has 4 aliphatic carbocycles. The van der Waals surface area contributed by atoms with Gasteiger partial charge in [0.1, 0.15) is 0 Å². The molecule has 4 aliphatic heterocycles. The molecule has 12 aromatic carbocycles. The van der Waals surface area contributed by atoms with Crippen LogP contribution in [0.25, 0.3) is 11.1 Å². The van der Waals surface area contributed by atoms with Crippen molar-refractivity contribution in [3.8, 4) is 11.1 Å². The van der Waals surface area contributed by atoms with Gasteiger partial charge in [0.05, 0.1) is 0 Å². The van der Waals surface area contributed by atoms with Crippen molar-refractivity contribution in [1.82, 2.24) is 0 Å². The molecule has 596 valence electrons. The Balaban J connectivity index is 0.848.